The predicted octanol–water partition coefficient (Wildman–Crippen LogP) is 1.10. The normalized spacial score (nSPS) is 15.9. The molecular formula is C12H16F3N7OS. The third kappa shape index (κ3) is 4.17. The molecule has 1 aliphatic rings. The van der Waals surface area contributed by atoms with Gasteiger partial charge < -0.3 is 9.64 Å². The number of rotatable bonds is 5. The van der Waals surface area contributed by atoms with Crippen molar-refractivity contribution in [2.75, 3.05) is 31.2 Å². The van der Waals surface area contributed by atoms with Crippen LogP contribution in [0.1, 0.15) is 5.69 Å². The van der Waals surface area contributed by atoms with Crippen LogP contribution in [0.2, 0.25) is 0 Å². The van der Waals surface area contributed by atoms with Crippen LogP contribution < -0.4 is 4.90 Å². The SMILES string of the molecule is Cn1cc(CSc2nnc(N3CCOCC3)n2CC(F)(F)F)nn1. The van der Waals surface area contributed by atoms with Gasteiger partial charge in [0.2, 0.25) is 5.95 Å². The Bertz CT molecular complexity index is 680. The summed E-state index contributed by atoms with van der Waals surface area (Å²) in [6, 6.07) is 0. The summed E-state index contributed by atoms with van der Waals surface area (Å²) >= 11 is 1.15. The highest BCUT2D eigenvalue weighted by molar-refractivity contribution is 7.98. The molecule has 8 nitrogen and oxygen atoms in total. The predicted molar refractivity (Wildman–Crippen MR) is 79.7 cm³/mol. The van der Waals surface area contributed by atoms with Crippen LogP contribution >= 0.6 is 11.8 Å². The maximum atomic E-state index is 13.0. The molecule has 0 aromatic carbocycles. The van der Waals surface area contributed by atoms with Crippen molar-refractivity contribution in [3.05, 3.63) is 11.9 Å². The van der Waals surface area contributed by atoms with Gasteiger partial charge in [-0.1, -0.05) is 17.0 Å². The highest BCUT2D eigenvalue weighted by atomic mass is 32.2. The standard InChI is InChI=1S/C12H16F3N7OS/c1-20-6-9(16-19-20)7-24-11-18-17-10(21-2-4-23-5-3-21)22(11)8-12(13,14)15/h6H,2-5,7-8H2,1H3. The number of alkyl halides is 3. The fraction of sp³-hybridized carbons (Fsp3) is 0.667. The second kappa shape index (κ2) is 6.97. The fourth-order valence-electron chi connectivity index (χ4n) is 2.30. The van der Waals surface area contributed by atoms with Crippen LogP contribution in [0, 0.1) is 0 Å². The average Bonchev–Trinajstić information content (AvgIpc) is 3.11. The highest BCUT2D eigenvalue weighted by Crippen LogP contribution is 2.29. The molecule has 0 atom stereocenters. The largest absolute Gasteiger partial charge is 0.406 e. The number of ether oxygens (including phenoxy) is 1. The van der Waals surface area contributed by atoms with E-state index in [0.29, 0.717) is 37.8 Å². The summed E-state index contributed by atoms with van der Waals surface area (Å²) in [7, 11) is 1.73. The first-order valence-electron chi connectivity index (χ1n) is 7.23. The molecule has 0 saturated carbocycles. The van der Waals surface area contributed by atoms with Gasteiger partial charge >= 0.3 is 6.18 Å². The van der Waals surface area contributed by atoms with E-state index in [-0.39, 0.29) is 11.1 Å². The van der Waals surface area contributed by atoms with Gasteiger partial charge in [0, 0.05) is 32.1 Å². The van der Waals surface area contributed by atoms with Crippen LogP contribution in [0.4, 0.5) is 19.1 Å². The van der Waals surface area contributed by atoms with E-state index >= 15 is 0 Å². The Morgan fingerprint density at radius 1 is 1.21 bits per heavy atom. The lowest BCUT2D eigenvalue weighted by atomic mass is 10.4. The Hall–Kier alpha value is -1.82. The molecule has 2 aromatic rings. The van der Waals surface area contributed by atoms with Crippen LogP contribution in [0.15, 0.2) is 11.4 Å². The van der Waals surface area contributed by atoms with Crippen molar-refractivity contribution in [3.63, 3.8) is 0 Å². The Balaban J connectivity index is 1.80. The van der Waals surface area contributed by atoms with Gasteiger partial charge in [-0.25, -0.2) is 0 Å². The quantitative estimate of drug-likeness (QED) is 0.737. The molecule has 0 aliphatic carbocycles. The number of hydrogen-bond acceptors (Lipinski definition) is 7. The minimum absolute atomic E-state index is 0.208. The first-order chi connectivity index (χ1) is 11.4. The summed E-state index contributed by atoms with van der Waals surface area (Å²) in [5.74, 6) is 0.588. The zero-order valence-corrected chi connectivity index (χ0v) is 13.7. The van der Waals surface area contributed by atoms with Gasteiger partial charge in [0.05, 0.1) is 18.9 Å². The van der Waals surface area contributed by atoms with Gasteiger partial charge in [-0.2, -0.15) is 13.2 Å². The van der Waals surface area contributed by atoms with Crippen molar-refractivity contribution in [2.45, 2.75) is 23.6 Å². The van der Waals surface area contributed by atoms with Crippen molar-refractivity contribution < 1.29 is 17.9 Å². The molecule has 132 valence electrons. The number of thioether (sulfide) groups is 1. The van der Waals surface area contributed by atoms with Gasteiger partial charge in [0.15, 0.2) is 5.16 Å². The van der Waals surface area contributed by atoms with E-state index in [4.69, 9.17) is 4.74 Å². The smallest absolute Gasteiger partial charge is 0.378 e. The Morgan fingerprint density at radius 3 is 2.58 bits per heavy atom. The van der Waals surface area contributed by atoms with E-state index in [9.17, 15) is 13.2 Å². The molecule has 12 heteroatoms. The molecule has 0 spiro atoms. The molecule has 3 heterocycles. The van der Waals surface area contributed by atoms with Crippen molar-refractivity contribution in [1.29, 1.82) is 0 Å². The van der Waals surface area contributed by atoms with Crippen LogP contribution in [0.5, 0.6) is 0 Å². The lowest BCUT2D eigenvalue weighted by Gasteiger charge is -2.28. The molecule has 2 aromatic heterocycles. The van der Waals surface area contributed by atoms with E-state index in [1.807, 2.05) is 0 Å². The summed E-state index contributed by atoms with van der Waals surface area (Å²) < 4.78 is 46.7. The molecule has 1 aliphatic heterocycles. The van der Waals surface area contributed by atoms with E-state index in [0.717, 1.165) is 16.3 Å². The van der Waals surface area contributed by atoms with E-state index in [1.54, 1.807) is 18.1 Å². The zero-order chi connectivity index (χ0) is 17.2. The average molecular weight is 363 g/mol. The monoisotopic (exact) mass is 363 g/mol. The van der Waals surface area contributed by atoms with Crippen molar-refractivity contribution in [3.8, 4) is 0 Å². The first-order valence-corrected chi connectivity index (χ1v) is 8.21. The number of hydrogen-bond donors (Lipinski definition) is 0. The molecule has 3 rings (SSSR count). The van der Waals surface area contributed by atoms with Crippen LogP contribution in [0.3, 0.4) is 0 Å². The first kappa shape index (κ1) is 17.0. The van der Waals surface area contributed by atoms with Gasteiger partial charge in [-0.15, -0.1) is 15.3 Å². The maximum Gasteiger partial charge on any atom is 0.406 e. The van der Waals surface area contributed by atoms with Gasteiger partial charge in [-0.3, -0.25) is 9.25 Å². The number of aromatic nitrogens is 6. The van der Waals surface area contributed by atoms with Crippen molar-refractivity contribution in [1.82, 2.24) is 29.8 Å². The maximum absolute atomic E-state index is 13.0. The molecule has 0 radical (unpaired) electrons. The van der Waals surface area contributed by atoms with E-state index in [2.05, 4.69) is 20.5 Å². The molecular weight excluding hydrogens is 347 g/mol. The van der Waals surface area contributed by atoms with E-state index in [1.165, 1.54) is 4.68 Å². The molecule has 0 N–H and O–H groups in total. The number of anilines is 1. The zero-order valence-electron chi connectivity index (χ0n) is 12.9. The van der Waals surface area contributed by atoms with Gasteiger partial charge in [-0.05, 0) is 0 Å². The number of nitrogens with zero attached hydrogens (tertiary/aromatic N) is 7. The number of aryl methyl sites for hydroxylation is 1. The van der Waals surface area contributed by atoms with E-state index < -0.39 is 12.7 Å². The number of morpholine rings is 1. The molecule has 0 unspecified atom stereocenters. The molecule has 1 saturated heterocycles. The van der Waals surface area contributed by atoms with Gasteiger partial charge in [0.1, 0.15) is 6.54 Å². The molecule has 24 heavy (non-hydrogen) atoms. The fourth-order valence-corrected chi connectivity index (χ4v) is 3.11. The Kier molecular flexibility index (Phi) is 4.94. The minimum atomic E-state index is -4.36. The second-order valence-electron chi connectivity index (χ2n) is 5.26. The minimum Gasteiger partial charge on any atom is -0.378 e. The van der Waals surface area contributed by atoms with Crippen LogP contribution in [0.25, 0.3) is 0 Å². The van der Waals surface area contributed by atoms with Crippen LogP contribution in [-0.2, 0) is 24.1 Å². The highest BCUT2D eigenvalue weighted by Gasteiger charge is 2.32. The van der Waals surface area contributed by atoms with Crippen LogP contribution in [-0.4, -0.2) is 62.2 Å². The molecule has 0 amide bonds. The lowest BCUT2D eigenvalue weighted by Crippen LogP contribution is -2.38. The second-order valence-corrected chi connectivity index (χ2v) is 6.20. The van der Waals surface area contributed by atoms with Gasteiger partial charge in [0.25, 0.3) is 0 Å². The summed E-state index contributed by atoms with van der Waals surface area (Å²) in [6.07, 6.45) is -2.65. The molecule has 0 bridgehead atoms. The summed E-state index contributed by atoms with van der Waals surface area (Å²) in [6.45, 7) is 0.771. The molecule has 1 fully saturated rings. The lowest BCUT2D eigenvalue weighted by molar-refractivity contribution is -0.141. The van der Waals surface area contributed by atoms with Crippen molar-refractivity contribution >= 4 is 17.7 Å². The Labute approximate surface area is 140 Å². The summed E-state index contributed by atoms with van der Waals surface area (Å²) in [4.78, 5) is 1.76. The third-order valence-electron chi connectivity index (χ3n) is 3.33. The summed E-state index contributed by atoms with van der Waals surface area (Å²) in [5, 5.41) is 15.8. The van der Waals surface area contributed by atoms with Crippen molar-refractivity contribution in [2.24, 2.45) is 7.05 Å². The third-order valence-corrected chi connectivity index (χ3v) is 4.33. The Morgan fingerprint density at radius 2 is 1.96 bits per heavy atom. The summed E-state index contributed by atoms with van der Waals surface area (Å²) in [5.41, 5.74) is 0.664. The topological polar surface area (TPSA) is 73.9 Å². The number of halogens is 3.